The van der Waals surface area contributed by atoms with Crippen LogP contribution in [0.4, 0.5) is 5.69 Å². The van der Waals surface area contributed by atoms with Crippen molar-refractivity contribution < 1.29 is 9.53 Å². The van der Waals surface area contributed by atoms with E-state index in [1.807, 2.05) is 48.5 Å². The molecule has 1 heterocycles. The maximum absolute atomic E-state index is 12.2. The normalized spacial score (nSPS) is 10.9. The quantitative estimate of drug-likeness (QED) is 0.388. The number of nitrogens with one attached hydrogen (secondary N) is 1. The molecule has 1 N–H and O–H groups in total. The topological polar surface area (TPSA) is 51.2 Å². The van der Waals surface area contributed by atoms with Gasteiger partial charge in [0.1, 0.15) is 10.8 Å². The van der Waals surface area contributed by atoms with Gasteiger partial charge in [0, 0.05) is 11.3 Å². The van der Waals surface area contributed by atoms with E-state index in [4.69, 9.17) is 9.72 Å². The predicted octanol–water partition coefficient (Wildman–Crippen LogP) is 6.24. The molecule has 0 atom stereocenters. The fourth-order valence-electron chi connectivity index (χ4n) is 3.16. The summed E-state index contributed by atoms with van der Waals surface area (Å²) in [5.74, 6) is 0.721. The lowest BCUT2D eigenvalue weighted by Gasteiger charge is -2.08. The maximum atomic E-state index is 12.2. The number of thiazole rings is 1. The van der Waals surface area contributed by atoms with E-state index >= 15 is 0 Å². The molecule has 3 aromatic carbocycles. The molecule has 4 rings (SSSR count). The Bertz CT molecular complexity index is 1150. The second-order valence-corrected chi connectivity index (χ2v) is 8.24. The third-order valence-electron chi connectivity index (χ3n) is 4.89. The van der Waals surface area contributed by atoms with Gasteiger partial charge in [-0.05, 0) is 73.0 Å². The lowest BCUT2D eigenvalue weighted by molar-refractivity contribution is -0.116. The van der Waals surface area contributed by atoms with Gasteiger partial charge in [0.05, 0.1) is 23.2 Å². The predicted molar refractivity (Wildman–Crippen MR) is 124 cm³/mol. The van der Waals surface area contributed by atoms with Crippen molar-refractivity contribution in [3.63, 3.8) is 0 Å². The number of rotatable bonds is 7. The first-order chi connectivity index (χ1) is 14.6. The number of nitrogens with zero attached hydrogens (tertiary/aromatic N) is 1. The standard InChI is InChI=1S/C25H24N2O2S/c1-3-18-5-11-21(12-6-18)29-15-14-24(28)26-20-9-7-19(8-10-20)25-27-22-13-4-17(2)16-23(22)30-25/h4-13,16H,3,14-15H2,1-2H3,(H,26,28). The Balaban J connectivity index is 1.31. The highest BCUT2D eigenvalue weighted by atomic mass is 32.1. The second kappa shape index (κ2) is 9.09. The number of aryl methyl sites for hydroxylation is 2. The Morgan fingerprint density at radius 1 is 1.03 bits per heavy atom. The molecule has 0 saturated heterocycles. The third-order valence-corrected chi connectivity index (χ3v) is 5.96. The molecule has 0 saturated carbocycles. The van der Waals surface area contributed by atoms with Crippen LogP contribution in [0.15, 0.2) is 66.7 Å². The largest absolute Gasteiger partial charge is 0.493 e. The highest BCUT2D eigenvalue weighted by Gasteiger charge is 2.08. The molecule has 0 radical (unpaired) electrons. The Hall–Kier alpha value is -3.18. The van der Waals surface area contributed by atoms with Gasteiger partial charge < -0.3 is 10.1 Å². The molecule has 5 heteroatoms. The van der Waals surface area contributed by atoms with E-state index in [9.17, 15) is 4.79 Å². The molecule has 1 amide bonds. The molecule has 0 aliphatic rings. The van der Waals surface area contributed by atoms with Crippen molar-refractivity contribution in [2.45, 2.75) is 26.7 Å². The fourth-order valence-corrected chi connectivity index (χ4v) is 4.23. The minimum Gasteiger partial charge on any atom is -0.493 e. The molecule has 0 fully saturated rings. The highest BCUT2D eigenvalue weighted by molar-refractivity contribution is 7.21. The van der Waals surface area contributed by atoms with E-state index in [-0.39, 0.29) is 5.91 Å². The number of carbonyl (C=O) groups excluding carboxylic acids is 1. The lowest BCUT2D eigenvalue weighted by Crippen LogP contribution is -2.15. The van der Waals surface area contributed by atoms with E-state index in [2.05, 4.69) is 37.4 Å². The molecule has 0 aliphatic heterocycles. The zero-order valence-corrected chi connectivity index (χ0v) is 18.0. The van der Waals surface area contributed by atoms with E-state index < -0.39 is 0 Å². The number of carbonyl (C=O) groups is 1. The number of hydrogen-bond donors (Lipinski definition) is 1. The first-order valence-corrected chi connectivity index (χ1v) is 10.9. The molecule has 0 spiro atoms. The van der Waals surface area contributed by atoms with E-state index in [1.165, 1.54) is 15.8 Å². The summed E-state index contributed by atoms with van der Waals surface area (Å²) in [7, 11) is 0. The van der Waals surface area contributed by atoms with Crippen LogP contribution in [0.5, 0.6) is 5.75 Å². The molecule has 0 bridgehead atoms. The van der Waals surface area contributed by atoms with Crippen molar-refractivity contribution >= 4 is 33.1 Å². The van der Waals surface area contributed by atoms with E-state index in [1.54, 1.807) is 11.3 Å². The third kappa shape index (κ3) is 4.86. The minimum atomic E-state index is -0.0663. The fraction of sp³-hybridized carbons (Fsp3) is 0.200. The van der Waals surface area contributed by atoms with Crippen molar-refractivity contribution in [3.05, 3.63) is 77.9 Å². The van der Waals surface area contributed by atoms with Crippen LogP contribution in [0.3, 0.4) is 0 Å². The smallest absolute Gasteiger partial charge is 0.227 e. The number of hydrogen-bond acceptors (Lipinski definition) is 4. The van der Waals surface area contributed by atoms with Gasteiger partial charge in [0.2, 0.25) is 5.91 Å². The Morgan fingerprint density at radius 3 is 2.53 bits per heavy atom. The second-order valence-electron chi connectivity index (χ2n) is 7.21. The number of benzene rings is 3. The van der Waals surface area contributed by atoms with Crippen molar-refractivity contribution in [1.29, 1.82) is 0 Å². The van der Waals surface area contributed by atoms with Crippen LogP contribution in [0.25, 0.3) is 20.8 Å². The van der Waals surface area contributed by atoms with Crippen LogP contribution in [-0.2, 0) is 11.2 Å². The van der Waals surface area contributed by atoms with Crippen molar-refractivity contribution in [2.75, 3.05) is 11.9 Å². The number of anilines is 1. The zero-order valence-electron chi connectivity index (χ0n) is 17.1. The Kier molecular flexibility index (Phi) is 6.10. The summed E-state index contributed by atoms with van der Waals surface area (Å²) in [6.07, 6.45) is 1.30. The molecule has 30 heavy (non-hydrogen) atoms. The maximum Gasteiger partial charge on any atom is 0.227 e. The van der Waals surface area contributed by atoms with E-state index in [0.717, 1.165) is 33.9 Å². The van der Waals surface area contributed by atoms with Gasteiger partial charge in [-0.3, -0.25) is 4.79 Å². The Morgan fingerprint density at radius 2 is 1.80 bits per heavy atom. The zero-order chi connectivity index (χ0) is 20.9. The average Bonchev–Trinajstić information content (AvgIpc) is 3.18. The molecular weight excluding hydrogens is 392 g/mol. The van der Waals surface area contributed by atoms with Gasteiger partial charge in [-0.1, -0.05) is 25.1 Å². The number of fused-ring (bicyclic) bond motifs is 1. The Labute approximate surface area is 180 Å². The number of amides is 1. The summed E-state index contributed by atoms with van der Waals surface area (Å²) in [4.78, 5) is 16.9. The number of ether oxygens (including phenoxy) is 1. The van der Waals surface area contributed by atoms with Gasteiger partial charge in [0.25, 0.3) is 0 Å². The summed E-state index contributed by atoms with van der Waals surface area (Å²) < 4.78 is 6.85. The van der Waals surface area contributed by atoms with Gasteiger partial charge in [-0.15, -0.1) is 11.3 Å². The monoisotopic (exact) mass is 416 g/mol. The van der Waals surface area contributed by atoms with Crippen LogP contribution in [-0.4, -0.2) is 17.5 Å². The summed E-state index contributed by atoms with van der Waals surface area (Å²) in [5, 5.41) is 3.91. The summed E-state index contributed by atoms with van der Waals surface area (Å²) >= 11 is 1.68. The van der Waals surface area contributed by atoms with Gasteiger partial charge in [0.15, 0.2) is 0 Å². The lowest BCUT2D eigenvalue weighted by atomic mass is 10.2. The van der Waals surface area contributed by atoms with Gasteiger partial charge >= 0.3 is 0 Å². The first kappa shape index (κ1) is 20.1. The van der Waals surface area contributed by atoms with Crippen molar-refractivity contribution in [3.8, 4) is 16.3 Å². The van der Waals surface area contributed by atoms with Crippen LogP contribution >= 0.6 is 11.3 Å². The molecule has 152 valence electrons. The molecule has 1 aromatic heterocycles. The molecule has 0 aliphatic carbocycles. The van der Waals surface area contributed by atoms with Gasteiger partial charge in [-0.25, -0.2) is 4.98 Å². The average molecular weight is 417 g/mol. The SMILES string of the molecule is CCc1ccc(OCCC(=O)Nc2ccc(-c3nc4ccc(C)cc4s3)cc2)cc1. The molecule has 0 unspecified atom stereocenters. The first-order valence-electron chi connectivity index (χ1n) is 10.1. The summed E-state index contributed by atoms with van der Waals surface area (Å²) in [5.41, 5.74) is 5.34. The van der Waals surface area contributed by atoms with Crippen LogP contribution in [0, 0.1) is 6.92 Å². The molecular formula is C25H24N2O2S. The minimum absolute atomic E-state index is 0.0663. The molecule has 4 nitrogen and oxygen atoms in total. The van der Waals surface area contributed by atoms with Crippen LogP contribution < -0.4 is 10.1 Å². The van der Waals surface area contributed by atoms with Crippen molar-refractivity contribution in [1.82, 2.24) is 4.98 Å². The molecule has 4 aromatic rings. The van der Waals surface area contributed by atoms with Crippen LogP contribution in [0.2, 0.25) is 0 Å². The van der Waals surface area contributed by atoms with E-state index in [0.29, 0.717) is 13.0 Å². The van der Waals surface area contributed by atoms with Crippen LogP contribution in [0.1, 0.15) is 24.5 Å². The van der Waals surface area contributed by atoms with Crippen molar-refractivity contribution in [2.24, 2.45) is 0 Å². The van der Waals surface area contributed by atoms with Gasteiger partial charge in [-0.2, -0.15) is 0 Å². The summed E-state index contributed by atoms with van der Waals surface area (Å²) in [6, 6.07) is 22.1. The summed E-state index contributed by atoms with van der Waals surface area (Å²) in [6.45, 7) is 4.55. The highest BCUT2D eigenvalue weighted by Crippen LogP contribution is 2.31. The number of aromatic nitrogens is 1.